The molecule has 2 nitrogen and oxygen atoms in total. The van der Waals surface area contributed by atoms with E-state index in [9.17, 15) is 0 Å². The molecule has 0 bridgehead atoms. The lowest BCUT2D eigenvalue weighted by Gasteiger charge is -2.11. The lowest BCUT2D eigenvalue weighted by molar-refractivity contribution is 0.843. The molecule has 23 heavy (non-hydrogen) atoms. The van der Waals surface area contributed by atoms with Crippen LogP contribution in [0.4, 0.5) is 0 Å². The second kappa shape index (κ2) is 5.40. The Labute approximate surface area is 135 Å². The van der Waals surface area contributed by atoms with Crippen LogP contribution >= 0.6 is 0 Å². The van der Waals surface area contributed by atoms with Gasteiger partial charge in [-0.2, -0.15) is 0 Å². The smallest absolute Gasteiger partial charge is 0.0490 e. The van der Waals surface area contributed by atoms with Crippen LogP contribution in [0.15, 0.2) is 66.9 Å². The molecule has 1 N–H and O–H groups in total. The van der Waals surface area contributed by atoms with E-state index in [1.807, 2.05) is 12.1 Å². The summed E-state index contributed by atoms with van der Waals surface area (Å²) in [5.41, 5.74) is 4.78. The first kappa shape index (κ1) is 13.8. The number of nitrogens with one attached hydrogen (secondary N) is 1. The Hall–Kier alpha value is -2.87. The molecule has 1 heterocycles. The van der Waals surface area contributed by atoms with E-state index < -0.39 is 0 Å². The van der Waals surface area contributed by atoms with Crippen molar-refractivity contribution >= 4 is 27.9 Å². The molecule has 112 valence electrons. The van der Waals surface area contributed by atoms with Gasteiger partial charge >= 0.3 is 0 Å². The molecule has 0 unspecified atom stereocenters. The number of fused-ring (bicyclic) bond motifs is 2. The van der Waals surface area contributed by atoms with E-state index in [-0.39, 0.29) is 0 Å². The summed E-state index contributed by atoms with van der Waals surface area (Å²) in [5.74, 6) is 0. The van der Waals surface area contributed by atoms with E-state index >= 15 is 0 Å². The van der Waals surface area contributed by atoms with E-state index in [1.54, 1.807) is 0 Å². The number of rotatable bonds is 3. The Morgan fingerprint density at radius 1 is 0.870 bits per heavy atom. The maximum atomic E-state index is 7.55. The molecule has 0 aliphatic heterocycles. The number of benzene rings is 3. The van der Waals surface area contributed by atoms with Crippen LogP contribution in [0.3, 0.4) is 0 Å². The summed E-state index contributed by atoms with van der Waals surface area (Å²) >= 11 is 0. The molecule has 0 fully saturated rings. The highest BCUT2D eigenvalue weighted by molar-refractivity contribution is 5.98. The van der Waals surface area contributed by atoms with E-state index in [0.29, 0.717) is 0 Å². The summed E-state index contributed by atoms with van der Waals surface area (Å²) in [6.07, 6.45) is 3.54. The number of hydrogen-bond donors (Lipinski definition) is 1. The first-order valence-electron chi connectivity index (χ1n) is 7.83. The molecule has 0 aliphatic rings. The Morgan fingerprint density at radius 3 is 2.52 bits per heavy atom. The number of aryl methyl sites for hydroxylation is 1. The van der Waals surface area contributed by atoms with Crippen molar-refractivity contribution in [3.05, 3.63) is 83.6 Å². The third-order valence-corrected chi connectivity index (χ3v) is 4.58. The fraction of sp³-hybridized carbons (Fsp3) is 0.0952. The van der Waals surface area contributed by atoms with E-state index in [4.69, 9.17) is 5.41 Å². The molecule has 0 radical (unpaired) electrons. The second-order valence-corrected chi connectivity index (χ2v) is 5.96. The van der Waals surface area contributed by atoms with Crippen molar-refractivity contribution in [2.45, 2.75) is 13.5 Å². The minimum atomic E-state index is 0.839. The molecule has 0 saturated carbocycles. The van der Waals surface area contributed by atoms with Crippen LogP contribution in [-0.2, 0) is 6.54 Å². The van der Waals surface area contributed by atoms with Crippen molar-refractivity contribution in [1.82, 2.24) is 4.57 Å². The molecule has 0 spiro atoms. The monoisotopic (exact) mass is 298 g/mol. The minimum absolute atomic E-state index is 0.839. The molecule has 4 aromatic rings. The third kappa shape index (κ3) is 2.23. The first-order chi connectivity index (χ1) is 11.3. The van der Waals surface area contributed by atoms with Gasteiger partial charge in [0, 0.05) is 35.4 Å². The highest BCUT2D eigenvalue weighted by Gasteiger charge is 2.07. The summed E-state index contributed by atoms with van der Waals surface area (Å²) in [5, 5.41) is 11.3. The van der Waals surface area contributed by atoms with E-state index in [1.165, 1.54) is 33.6 Å². The summed E-state index contributed by atoms with van der Waals surface area (Å²) < 4.78 is 2.26. The number of hydrogen-bond acceptors (Lipinski definition) is 1. The van der Waals surface area contributed by atoms with Crippen molar-refractivity contribution in [2.24, 2.45) is 0 Å². The van der Waals surface area contributed by atoms with Crippen LogP contribution in [0.25, 0.3) is 21.7 Å². The average Bonchev–Trinajstić information content (AvgIpc) is 3.01. The van der Waals surface area contributed by atoms with Gasteiger partial charge in [0.25, 0.3) is 0 Å². The van der Waals surface area contributed by atoms with Crippen LogP contribution in [0.2, 0.25) is 0 Å². The molecule has 2 heteroatoms. The van der Waals surface area contributed by atoms with Crippen molar-refractivity contribution < 1.29 is 0 Å². The van der Waals surface area contributed by atoms with Gasteiger partial charge in [0.1, 0.15) is 0 Å². The van der Waals surface area contributed by atoms with Gasteiger partial charge in [-0.15, -0.1) is 0 Å². The standard InChI is InChI=1S/C21H18N2/c1-15-9-10-17(19-7-3-2-6-18(15)19)14-23-12-11-20-16(13-22)5-4-8-21(20)23/h2-13,22H,14H2,1H3. The highest BCUT2D eigenvalue weighted by atomic mass is 14.9. The largest absolute Gasteiger partial charge is 0.343 e. The van der Waals surface area contributed by atoms with Gasteiger partial charge in [-0.05, 0) is 41.0 Å². The lowest BCUT2D eigenvalue weighted by atomic mass is 10.0. The van der Waals surface area contributed by atoms with Crippen molar-refractivity contribution in [1.29, 1.82) is 5.41 Å². The molecule has 1 aromatic heterocycles. The molecule has 0 aliphatic carbocycles. The minimum Gasteiger partial charge on any atom is -0.343 e. The lowest BCUT2D eigenvalue weighted by Crippen LogP contribution is -1.99. The van der Waals surface area contributed by atoms with E-state index in [0.717, 1.165) is 17.5 Å². The van der Waals surface area contributed by atoms with Crippen molar-refractivity contribution in [3.8, 4) is 0 Å². The highest BCUT2D eigenvalue weighted by Crippen LogP contribution is 2.25. The van der Waals surface area contributed by atoms with Crippen LogP contribution in [-0.4, -0.2) is 10.8 Å². The van der Waals surface area contributed by atoms with Crippen LogP contribution < -0.4 is 0 Å². The zero-order chi connectivity index (χ0) is 15.8. The zero-order valence-corrected chi connectivity index (χ0v) is 13.1. The fourth-order valence-corrected chi connectivity index (χ4v) is 3.34. The van der Waals surface area contributed by atoms with Gasteiger partial charge in [0.2, 0.25) is 0 Å². The predicted molar refractivity (Wildman–Crippen MR) is 97.6 cm³/mol. The third-order valence-electron chi connectivity index (χ3n) is 4.58. The van der Waals surface area contributed by atoms with Gasteiger partial charge in [-0.1, -0.05) is 48.5 Å². The second-order valence-electron chi connectivity index (χ2n) is 5.96. The Balaban J connectivity index is 1.86. The van der Waals surface area contributed by atoms with Crippen molar-refractivity contribution in [3.63, 3.8) is 0 Å². The molecule has 3 aromatic carbocycles. The molecule has 0 atom stereocenters. The van der Waals surface area contributed by atoms with Gasteiger partial charge in [0.05, 0.1) is 0 Å². The summed E-state index contributed by atoms with van der Waals surface area (Å²) in [6.45, 7) is 3.00. The topological polar surface area (TPSA) is 28.8 Å². The Bertz CT molecular complexity index is 1020. The van der Waals surface area contributed by atoms with E-state index in [2.05, 4.69) is 66.2 Å². The summed E-state index contributed by atoms with van der Waals surface area (Å²) in [6, 6.07) is 21.3. The molecule has 4 rings (SSSR count). The SMILES string of the molecule is Cc1ccc(Cn2ccc3c(C=N)cccc32)c2ccccc12. The quantitative estimate of drug-likeness (QED) is 0.507. The van der Waals surface area contributed by atoms with Gasteiger partial charge in [-0.3, -0.25) is 0 Å². The Morgan fingerprint density at radius 2 is 1.70 bits per heavy atom. The molecule has 0 saturated heterocycles. The Kier molecular flexibility index (Phi) is 3.23. The zero-order valence-electron chi connectivity index (χ0n) is 13.1. The van der Waals surface area contributed by atoms with Crippen molar-refractivity contribution in [2.75, 3.05) is 0 Å². The predicted octanol–water partition coefficient (Wildman–Crippen LogP) is 5.15. The molecular formula is C21H18N2. The molecule has 0 amide bonds. The normalized spacial score (nSPS) is 11.2. The maximum Gasteiger partial charge on any atom is 0.0490 e. The summed E-state index contributed by atoms with van der Waals surface area (Å²) in [7, 11) is 0. The fourth-order valence-electron chi connectivity index (χ4n) is 3.34. The van der Waals surface area contributed by atoms with Crippen LogP contribution in [0.1, 0.15) is 16.7 Å². The van der Waals surface area contributed by atoms with Gasteiger partial charge < -0.3 is 9.98 Å². The average molecular weight is 298 g/mol. The maximum absolute atomic E-state index is 7.55. The molecular weight excluding hydrogens is 280 g/mol. The van der Waals surface area contributed by atoms with Crippen LogP contribution in [0, 0.1) is 12.3 Å². The first-order valence-corrected chi connectivity index (χ1v) is 7.83. The summed E-state index contributed by atoms with van der Waals surface area (Å²) in [4.78, 5) is 0. The van der Waals surface area contributed by atoms with Gasteiger partial charge in [0.15, 0.2) is 0 Å². The number of aromatic nitrogens is 1. The number of nitrogens with zero attached hydrogens (tertiary/aromatic N) is 1. The van der Waals surface area contributed by atoms with Crippen LogP contribution in [0.5, 0.6) is 0 Å². The van der Waals surface area contributed by atoms with Gasteiger partial charge in [-0.25, -0.2) is 0 Å².